The first-order chi connectivity index (χ1) is 9.74. The van der Waals surface area contributed by atoms with Crippen molar-refractivity contribution < 1.29 is 0 Å². The number of aromatic nitrogens is 2. The first kappa shape index (κ1) is 15.1. The second-order valence-electron chi connectivity index (χ2n) is 5.78. The van der Waals surface area contributed by atoms with E-state index in [4.69, 9.17) is 4.98 Å². The Morgan fingerprint density at radius 2 is 1.90 bits per heavy atom. The molecule has 0 aliphatic heterocycles. The second-order valence-corrected chi connectivity index (χ2v) is 5.78. The summed E-state index contributed by atoms with van der Waals surface area (Å²) in [5, 5.41) is 3.16. The van der Waals surface area contributed by atoms with Gasteiger partial charge in [-0.1, -0.05) is 32.6 Å². The molecule has 2 rings (SSSR count). The highest BCUT2D eigenvalue weighted by atomic mass is 15.2. The molecular weight excluding hydrogens is 248 g/mol. The number of nitrogens with zero attached hydrogens (tertiary/aromatic N) is 3. The molecule has 1 aliphatic rings. The maximum atomic E-state index is 4.75. The van der Waals surface area contributed by atoms with Gasteiger partial charge in [0.2, 0.25) is 0 Å². The molecule has 1 fully saturated rings. The third-order valence-electron chi connectivity index (χ3n) is 4.22. The molecule has 0 aromatic carbocycles. The van der Waals surface area contributed by atoms with Crippen LogP contribution in [0.2, 0.25) is 0 Å². The zero-order valence-electron chi connectivity index (χ0n) is 13.2. The number of rotatable bonds is 5. The fourth-order valence-electron chi connectivity index (χ4n) is 2.96. The Morgan fingerprint density at radius 1 is 1.20 bits per heavy atom. The zero-order valence-corrected chi connectivity index (χ0v) is 13.2. The number of hydrogen-bond donors (Lipinski definition) is 1. The predicted octanol–water partition coefficient (Wildman–Crippen LogP) is 3.63. The van der Waals surface area contributed by atoms with Crippen molar-refractivity contribution in [3.05, 3.63) is 11.9 Å². The van der Waals surface area contributed by atoms with Crippen LogP contribution in [0.3, 0.4) is 0 Å². The first-order valence-corrected chi connectivity index (χ1v) is 8.03. The highest BCUT2D eigenvalue weighted by Gasteiger charge is 2.19. The molecule has 0 atom stereocenters. The highest BCUT2D eigenvalue weighted by Crippen LogP contribution is 2.25. The van der Waals surface area contributed by atoms with Crippen LogP contribution >= 0.6 is 0 Å². The monoisotopic (exact) mass is 276 g/mol. The Morgan fingerprint density at radius 3 is 2.50 bits per heavy atom. The quantitative estimate of drug-likeness (QED) is 0.834. The molecule has 0 unspecified atom stereocenters. The Hall–Kier alpha value is -1.32. The molecule has 1 N–H and O–H groups in total. The number of anilines is 2. The number of aryl methyl sites for hydroxylation is 1. The van der Waals surface area contributed by atoms with Gasteiger partial charge in [-0.2, -0.15) is 0 Å². The Bertz CT molecular complexity index is 411. The molecule has 0 saturated heterocycles. The predicted molar refractivity (Wildman–Crippen MR) is 85.5 cm³/mol. The van der Waals surface area contributed by atoms with E-state index in [9.17, 15) is 0 Å². The molecule has 20 heavy (non-hydrogen) atoms. The van der Waals surface area contributed by atoms with Gasteiger partial charge in [-0.15, -0.1) is 0 Å². The van der Waals surface area contributed by atoms with Crippen molar-refractivity contribution in [2.75, 3.05) is 24.3 Å². The van der Waals surface area contributed by atoms with Crippen molar-refractivity contribution in [2.24, 2.45) is 0 Å². The maximum Gasteiger partial charge on any atom is 0.134 e. The van der Waals surface area contributed by atoms with Gasteiger partial charge in [-0.3, -0.25) is 0 Å². The molecule has 0 radical (unpaired) electrons. The van der Waals surface area contributed by atoms with Crippen LogP contribution in [0.25, 0.3) is 0 Å². The SMILES string of the molecule is CCCc1nc(NC)cc(N(C)C2CCCCCC2)n1. The van der Waals surface area contributed by atoms with Gasteiger partial charge in [-0.05, 0) is 19.3 Å². The van der Waals surface area contributed by atoms with Gasteiger partial charge < -0.3 is 10.2 Å². The van der Waals surface area contributed by atoms with Crippen LogP contribution < -0.4 is 10.2 Å². The van der Waals surface area contributed by atoms with E-state index in [-0.39, 0.29) is 0 Å². The highest BCUT2D eigenvalue weighted by molar-refractivity contribution is 5.49. The van der Waals surface area contributed by atoms with Gasteiger partial charge in [0.15, 0.2) is 0 Å². The molecule has 112 valence electrons. The molecule has 1 saturated carbocycles. The minimum absolute atomic E-state index is 0.631. The van der Waals surface area contributed by atoms with Gasteiger partial charge in [0, 0.05) is 32.6 Å². The lowest BCUT2D eigenvalue weighted by Crippen LogP contribution is -2.32. The standard InChI is InChI=1S/C16H28N4/c1-4-9-14-18-15(17-2)12-16(19-14)20(3)13-10-7-5-6-8-11-13/h12-13H,4-11H2,1-3H3,(H,17,18,19). The molecule has 1 aliphatic carbocycles. The first-order valence-electron chi connectivity index (χ1n) is 8.03. The topological polar surface area (TPSA) is 41.1 Å². The molecule has 1 aromatic rings. The van der Waals surface area contributed by atoms with Crippen molar-refractivity contribution in [1.82, 2.24) is 9.97 Å². The maximum absolute atomic E-state index is 4.75. The molecule has 1 heterocycles. The lowest BCUT2D eigenvalue weighted by molar-refractivity contribution is 0.548. The summed E-state index contributed by atoms with van der Waals surface area (Å²) in [6, 6.07) is 2.70. The van der Waals surface area contributed by atoms with E-state index in [1.165, 1.54) is 38.5 Å². The van der Waals surface area contributed by atoms with Crippen LogP contribution in [0.15, 0.2) is 6.07 Å². The Kier molecular flexibility index (Phi) is 5.62. The van der Waals surface area contributed by atoms with E-state index >= 15 is 0 Å². The van der Waals surface area contributed by atoms with Gasteiger partial charge in [0.25, 0.3) is 0 Å². The van der Waals surface area contributed by atoms with Crippen LogP contribution in [0.4, 0.5) is 11.6 Å². The molecule has 0 spiro atoms. The number of nitrogens with one attached hydrogen (secondary N) is 1. The fourth-order valence-corrected chi connectivity index (χ4v) is 2.96. The van der Waals surface area contributed by atoms with Crippen molar-refractivity contribution >= 4 is 11.6 Å². The molecular formula is C16H28N4. The van der Waals surface area contributed by atoms with E-state index in [2.05, 4.69) is 35.2 Å². The van der Waals surface area contributed by atoms with Crippen LogP contribution in [0, 0.1) is 0 Å². The average Bonchev–Trinajstić information content (AvgIpc) is 2.75. The van der Waals surface area contributed by atoms with Gasteiger partial charge in [-0.25, -0.2) is 9.97 Å². The van der Waals surface area contributed by atoms with Crippen LogP contribution in [0.5, 0.6) is 0 Å². The van der Waals surface area contributed by atoms with Crippen molar-refractivity contribution in [2.45, 2.75) is 64.3 Å². The Balaban J connectivity index is 2.18. The largest absolute Gasteiger partial charge is 0.373 e. The summed E-state index contributed by atoms with van der Waals surface area (Å²) >= 11 is 0. The average molecular weight is 276 g/mol. The summed E-state index contributed by atoms with van der Waals surface area (Å²) in [6.45, 7) is 2.17. The molecule has 4 heteroatoms. The number of hydrogen-bond acceptors (Lipinski definition) is 4. The minimum atomic E-state index is 0.631. The molecule has 4 nitrogen and oxygen atoms in total. The van der Waals surface area contributed by atoms with Crippen molar-refractivity contribution in [1.29, 1.82) is 0 Å². The molecule has 1 aromatic heterocycles. The summed E-state index contributed by atoms with van der Waals surface area (Å²) in [6.07, 6.45) is 10.1. The summed E-state index contributed by atoms with van der Waals surface area (Å²) in [5.41, 5.74) is 0. The van der Waals surface area contributed by atoms with E-state index in [1.54, 1.807) is 0 Å². The summed E-state index contributed by atoms with van der Waals surface area (Å²) in [7, 11) is 4.11. The smallest absolute Gasteiger partial charge is 0.134 e. The van der Waals surface area contributed by atoms with E-state index in [0.717, 1.165) is 30.3 Å². The van der Waals surface area contributed by atoms with Crippen LogP contribution in [-0.2, 0) is 6.42 Å². The van der Waals surface area contributed by atoms with Gasteiger partial charge in [0.1, 0.15) is 17.5 Å². The third kappa shape index (κ3) is 3.84. The lowest BCUT2D eigenvalue weighted by atomic mass is 10.1. The normalized spacial score (nSPS) is 16.8. The molecule has 0 bridgehead atoms. The van der Waals surface area contributed by atoms with Crippen molar-refractivity contribution in [3.63, 3.8) is 0 Å². The van der Waals surface area contributed by atoms with E-state index in [0.29, 0.717) is 6.04 Å². The van der Waals surface area contributed by atoms with Crippen LogP contribution in [-0.4, -0.2) is 30.1 Å². The minimum Gasteiger partial charge on any atom is -0.373 e. The lowest BCUT2D eigenvalue weighted by Gasteiger charge is -2.28. The van der Waals surface area contributed by atoms with E-state index < -0.39 is 0 Å². The van der Waals surface area contributed by atoms with Crippen molar-refractivity contribution in [3.8, 4) is 0 Å². The Labute approximate surface area is 123 Å². The fraction of sp³-hybridized carbons (Fsp3) is 0.750. The zero-order chi connectivity index (χ0) is 14.4. The van der Waals surface area contributed by atoms with Gasteiger partial charge in [0.05, 0.1) is 0 Å². The molecule has 0 amide bonds. The summed E-state index contributed by atoms with van der Waals surface area (Å²) in [4.78, 5) is 11.7. The van der Waals surface area contributed by atoms with Crippen LogP contribution in [0.1, 0.15) is 57.7 Å². The van der Waals surface area contributed by atoms with Gasteiger partial charge >= 0.3 is 0 Å². The summed E-state index contributed by atoms with van der Waals surface area (Å²) < 4.78 is 0. The second kappa shape index (κ2) is 7.46. The third-order valence-corrected chi connectivity index (χ3v) is 4.22. The van der Waals surface area contributed by atoms with E-state index in [1.807, 2.05) is 7.05 Å². The summed E-state index contributed by atoms with van der Waals surface area (Å²) in [5.74, 6) is 2.95.